The number of unbranched alkanes of at least 4 members (excludes halogenated alkanes) is 2. The summed E-state index contributed by atoms with van der Waals surface area (Å²) in [7, 11) is 0. The van der Waals surface area contributed by atoms with Crippen molar-refractivity contribution in [1.29, 1.82) is 0 Å². The predicted molar refractivity (Wildman–Crippen MR) is 105 cm³/mol. The zero-order chi connectivity index (χ0) is 18.8. The van der Waals surface area contributed by atoms with Crippen molar-refractivity contribution in [3.8, 4) is 5.75 Å². The molecule has 2 aromatic rings. The van der Waals surface area contributed by atoms with E-state index < -0.39 is 0 Å². The third kappa shape index (κ3) is 5.92. The van der Waals surface area contributed by atoms with Crippen LogP contribution in [0.25, 0.3) is 0 Å². The summed E-state index contributed by atoms with van der Waals surface area (Å²) in [5.74, 6) is 0.269. The summed E-state index contributed by atoms with van der Waals surface area (Å²) in [6.45, 7) is 4.52. The van der Waals surface area contributed by atoms with Crippen molar-refractivity contribution in [1.82, 2.24) is 0 Å². The number of amides is 2. The molecule has 5 nitrogen and oxygen atoms in total. The summed E-state index contributed by atoms with van der Waals surface area (Å²) in [4.78, 5) is 24.1. The van der Waals surface area contributed by atoms with Crippen molar-refractivity contribution in [2.45, 2.75) is 39.5 Å². The van der Waals surface area contributed by atoms with Gasteiger partial charge in [0.05, 0.1) is 12.2 Å². The number of ether oxygens (including phenoxy) is 1. The normalized spacial score (nSPS) is 10.2. The van der Waals surface area contributed by atoms with Gasteiger partial charge in [-0.25, -0.2) is 0 Å². The van der Waals surface area contributed by atoms with Crippen molar-refractivity contribution < 1.29 is 14.3 Å². The molecule has 0 aliphatic carbocycles. The van der Waals surface area contributed by atoms with Gasteiger partial charge < -0.3 is 15.4 Å². The third-order valence-corrected chi connectivity index (χ3v) is 3.86. The molecule has 0 heterocycles. The molecular weight excluding hydrogens is 328 g/mol. The molecule has 138 valence electrons. The monoisotopic (exact) mass is 354 g/mol. The molecular formula is C21H26N2O3. The first kappa shape index (κ1) is 19.5. The molecule has 0 unspecified atom stereocenters. The summed E-state index contributed by atoms with van der Waals surface area (Å²) < 4.78 is 5.77. The maximum atomic E-state index is 12.6. The summed E-state index contributed by atoms with van der Waals surface area (Å²) in [6.07, 6.45) is 3.59. The molecule has 2 amide bonds. The van der Waals surface area contributed by atoms with E-state index in [0.717, 1.165) is 19.3 Å². The van der Waals surface area contributed by atoms with Crippen molar-refractivity contribution >= 4 is 23.2 Å². The lowest BCUT2D eigenvalue weighted by Crippen LogP contribution is -2.14. The number of hydrogen-bond donors (Lipinski definition) is 2. The molecule has 0 saturated heterocycles. The van der Waals surface area contributed by atoms with Gasteiger partial charge in [-0.3, -0.25) is 9.59 Å². The first-order valence-corrected chi connectivity index (χ1v) is 9.07. The minimum absolute atomic E-state index is 0.0701. The van der Waals surface area contributed by atoms with Crippen molar-refractivity contribution in [3.63, 3.8) is 0 Å². The Balaban J connectivity index is 2.05. The van der Waals surface area contributed by atoms with Gasteiger partial charge in [0.1, 0.15) is 5.75 Å². The van der Waals surface area contributed by atoms with E-state index in [1.165, 1.54) is 0 Å². The lowest BCUT2D eigenvalue weighted by Gasteiger charge is -2.12. The van der Waals surface area contributed by atoms with E-state index in [1.54, 1.807) is 43.3 Å². The molecule has 0 atom stereocenters. The highest BCUT2D eigenvalue weighted by Crippen LogP contribution is 2.21. The maximum Gasteiger partial charge on any atom is 0.259 e. The second-order valence-electron chi connectivity index (χ2n) is 5.99. The van der Waals surface area contributed by atoms with E-state index in [9.17, 15) is 9.59 Å². The molecule has 0 spiro atoms. The lowest BCUT2D eigenvalue weighted by molar-refractivity contribution is -0.115. The van der Waals surface area contributed by atoms with Gasteiger partial charge in [-0.1, -0.05) is 44.9 Å². The maximum absolute atomic E-state index is 12.6. The van der Waals surface area contributed by atoms with Crippen LogP contribution >= 0.6 is 0 Å². The van der Waals surface area contributed by atoms with Crippen LogP contribution in [0.3, 0.4) is 0 Å². The highest BCUT2D eigenvalue weighted by atomic mass is 16.5. The van der Waals surface area contributed by atoms with E-state index in [2.05, 4.69) is 17.6 Å². The smallest absolute Gasteiger partial charge is 0.259 e. The largest absolute Gasteiger partial charge is 0.493 e. The fourth-order valence-electron chi connectivity index (χ4n) is 2.44. The fraction of sp³-hybridized carbons (Fsp3) is 0.333. The van der Waals surface area contributed by atoms with E-state index in [0.29, 0.717) is 35.7 Å². The molecule has 0 aromatic heterocycles. The SMILES string of the molecule is CCCCCOc1ccccc1C(=O)Nc1cccc(NC(=O)CC)c1. The molecule has 2 aromatic carbocycles. The third-order valence-electron chi connectivity index (χ3n) is 3.86. The van der Waals surface area contributed by atoms with Crippen molar-refractivity contribution in [2.75, 3.05) is 17.2 Å². The van der Waals surface area contributed by atoms with Gasteiger partial charge in [0, 0.05) is 17.8 Å². The number of nitrogens with one attached hydrogen (secondary N) is 2. The minimum Gasteiger partial charge on any atom is -0.493 e. The predicted octanol–water partition coefficient (Wildman–Crippen LogP) is 4.86. The molecule has 26 heavy (non-hydrogen) atoms. The Hall–Kier alpha value is -2.82. The molecule has 2 N–H and O–H groups in total. The molecule has 2 rings (SSSR count). The summed E-state index contributed by atoms with van der Waals surface area (Å²) in [5.41, 5.74) is 1.76. The standard InChI is InChI=1S/C21H26N2O3/c1-3-5-8-14-26-19-13-7-6-12-18(19)21(25)23-17-11-9-10-16(15-17)22-20(24)4-2/h6-7,9-13,15H,3-5,8,14H2,1-2H3,(H,22,24)(H,23,25). The van der Waals surface area contributed by atoms with Crippen LogP contribution in [0.15, 0.2) is 48.5 Å². The van der Waals surface area contributed by atoms with Crippen LogP contribution in [0.5, 0.6) is 5.75 Å². The zero-order valence-electron chi connectivity index (χ0n) is 15.4. The van der Waals surface area contributed by atoms with Gasteiger partial charge in [0.2, 0.25) is 5.91 Å². The molecule has 0 fully saturated rings. The Labute approximate surface area is 154 Å². The molecule has 0 aliphatic rings. The summed E-state index contributed by atoms with van der Waals surface area (Å²) >= 11 is 0. The van der Waals surface area contributed by atoms with E-state index in [-0.39, 0.29) is 11.8 Å². The van der Waals surface area contributed by atoms with Gasteiger partial charge in [-0.15, -0.1) is 0 Å². The van der Waals surface area contributed by atoms with Gasteiger partial charge in [0.25, 0.3) is 5.91 Å². The van der Waals surface area contributed by atoms with Crippen LogP contribution in [0, 0.1) is 0 Å². The zero-order valence-corrected chi connectivity index (χ0v) is 15.4. The fourth-order valence-corrected chi connectivity index (χ4v) is 2.44. The highest BCUT2D eigenvalue weighted by Gasteiger charge is 2.12. The van der Waals surface area contributed by atoms with Crippen molar-refractivity contribution in [3.05, 3.63) is 54.1 Å². The second-order valence-corrected chi connectivity index (χ2v) is 5.99. The Morgan fingerprint density at radius 2 is 1.65 bits per heavy atom. The number of anilines is 2. The average molecular weight is 354 g/mol. The quantitative estimate of drug-likeness (QED) is 0.632. The Morgan fingerprint density at radius 1 is 0.923 bits per heavy atom. The van der Waals surface area contributed by atoms with E-state index in [4.69, 9.17) is 4.74 Å². The Kier molecular flexibility index (Phi) is 7.68. The van der Waals surface area contributed by atoms with Gasteiger partial charge >= 0.3 is 0 Å². The molecule has 5 heteroatoms. The van der Waals surface area contributed by atoms with Gasteiger partial charge in [0.15, 0.2) is 0 Å². The summed E-state index contributed by atoms with van der Waals surface area (Å²) in [6, 6.07) is 14.3. The Bertz CT molecular complexity index is 744. The van der Waals surface area contributed by atoms with Crippen LogP contribution in [0.2, 0.25) is 0 Å². The minimum atomic E-state index is -0.241. The number of hydrogen-bond acceptors (Lipinski definition) is 3. The van der Waals surface area contributed by atoms with Crippen LogP contribution in [0.1, 0.15) is 49.9 Å². The number of carbonyl (C=O) groups excluding carboxylic acids is 2. The number of benzene rings is 2. The van der Waals surface area contributed by atoms with Gasteiger partial charge in [-0.05, 0) is 36.8 Å². The number of para-hydroxylation sites is 1. The molecule has 0 bridgehead atoms. The van der Waals surface area contributed by atoms with Crippen LogP contribution in [-0.4, -0.2) is 18.4 Å². The van der Waals surface area contributed by atoms with Crippen LogP contribution in [-0.2, 0) is 4.79 Å². The molecule has 0 saturated carbocycles. The molecule has 0 aliphatic heterocycles. The Morgan fingerprint density at radius 3 is 2.38 bits per heavy atom. The van der Waals surface area contributed by atoms with E-state index >= 15 is 0 Å². The molecule has 0 radical (unpaired) electrons. The van der Waals surface area contributed by atoms with E-state index in [1.807, 2.05) is 12.1 Å². The lowest BCUT2D eigenvalue weighted by atomic mass is 10.1. The van der Waals surface area contributed by atoms with Crippen molar-refractivity contribution in [2.24, 2.45) is 0 Å². The topological polar surface area (TPSA) is 67.4 Å². The second kappa shape index (κ2) is 10.2. The average Bonchev–Trinajstić information content (AvgIpc) is 2.65. The summed E-state index contributed by atoms with van der Waals surface area (Å²) in [5, 5.41) is 5.64. The van der Waals surface area contributed by atoms with Crippen LogP contribution < -0.4 is 15.4 Å². The first-order chi connectivity index (χ1) is 12.6. The van der Waals surface area contributed by atoms with Gasteiger partial charge in [-0.2, -0.15) is 0 Å². The highest BCUT2D eigenvalue weighted by molar-refractivity contribution is 6.06. The number of rotatable bonds is 9. The first-order valence-electron chi connectivity index (χ1n) is 9.07. The number of carbonyl (C=O) groups is 2. The van der Waals surface area contributed by atoms with Crippen LogP contribution in [0.4, 0.5) is 11.4 Å².